The van der Waals surface area contributed by atoms with Crippen LogP contribution in [0.2, 0.25) is 0 Å². The molecule has 6 nitrogen and oxygen atoms in total. The van der Waals surface area contributed by atoms with Crippen molar-refractivity contribution in [3.05, 3.63) is 26.2 Å². The van der Waals surface area contributed by atoms with Crippen LogP contribution in [0.15, 0.2) is 17.0 Å². The van der Waals surface area contributed by atoms with E-state index in [-0.39, 0.29) is 12.5 Å². The highest BCUT2D eigenvalue weighted by Crippen LogP contribution is 2.37. The van der Waals surface area contributed by atoms with E-state index in [1.54, 1.807) is 24.0 Å². The van der Waals surface area contributed by atoms with Crippen molar-refractivity contribution in [3.8, 4) is 11.5 Å². The smallest absolute Gasteiger partial charge is 0.344 e. The van der Waals surface area contributed by atoms with Gasteiger partial charge in [-0.15, -0.1) is 0 Å². The lowest BCUT2D eigenvalue weighted by Crippen LogP contribution is -2.27. The van der Waals surface area contributed by atoms with Crippen molar-refractivity contribution in [3.63, 3.8) is 0 Å². The summed E-state index contributed by atoms with van der Waals surface area (Å²) < 4.78 is 17.5. The van der Waals surface area contributed by atoms with Crippen LogP contribution in [0, 0.1) is 3.57 Å². The number of benzene rings is 1. The summed E-state index contributed by atoms with van der Waals surface area (Å²) in [6, 6.07) is 3.65. The van der Waals surface area contributed by atoms with Crippen molar-refractivity contribution >= 4 is 68.8 Å². The minimum Gasteiger partial charge on any atom is -0.490 e. The Bertz CT molecular complexity index is 781. The Kier molecular flexibility index (Phi) is 8.36. The molecule has 0 N–H and O–H groups in total. The maximum atomic E-state index is 12.4. The number of ether oxygens (including phenoxy) is 3. The van der Waals surface area contributed by atoms with Gasteiger partial charge in [0, 0.05) is 6.54 Å². The SMILES string of the molecule is CCOC(=O)COc1c(I)cc(/C=C2\SC(=S)N(CC)C2=O)cc1OCC. The van der Waals surface area contributed by atoms with Gasteiger partial charge in [0.2, 0.25) is 0 Å². The molecule has 27 heavy (non-hydrogen) atoms. The summed E-state index contributed by atoms with van der Waals surface area (Å²) in [4.78, 5) is 26.1. The van der Waals surface area contributed by atoms with Crippen LogP contribution in [0.5, 0.6) is 11.5 Å². The Labute approximate surface area is 181 Å². The number of esters is 1. The topological polar surface area (TPSA) is 65.1 Å². The monoisotopic (exact) mass is 521 g/mol. The van der Waals surface area contributed by atoms with Gasteiger partial charge in [-0.3, -0.25) is 9.69 Å². The van der Waals surface area contributed by atoms with Gasteiger partial charge in [0.05, 0.1) is 21.7 Å². The quantitative estimate of drug-likeness (QED) is 0.223. The predicted molar refractivity (Wildman–Crippen MR) is 118 cm³/mol. The summed E-state index contributed by atoms with van der Waals surface area (Å²) in [6.45, 7) is 6.58. The molecule has 0 aromatic heterocycles. The number of carbonyl (C=O) groups is 2. The van der Waals surface area contributed by atoms with E-state index < -0.39 is 5.97 Å². The number of amides is 1. The van der Waals surface area contributed by atoms with Gasteiger partial charge in [-0.1, -0.05) is 24.0 Å². The van der Waals surface area contributed by atoms with E-state index in [9.17, 15) is 9.59 Å². The van der Waals surface area contributed by atoms with Gasteiger partial charge in [-0.05, 0) is 67.1 Å². The van der Waals surface area contributed by atoms with E-state index in [1.807, 2.05) is 19.9 Å². The molecule has 0 unspecified atom stereocenters. The maximum Gasteiger partial charge on any atom is 0.344 e. The van der Waals surface area contributed by atoms with E-state index in [0.717, 1.165) is 9.13 Å². The number of nitrogens with zero attached hydrogens (tertiary/aromatic N) is 1. The number of hydrogen-bond donors (Lipinski definition) is 0. The minimum absolute atomic E-state index is 0.0943. The average Bonchev–Trinajstić information content (AvgIpc) is 2.87. The number of likely N-dealkylation sites (N-methyl/N-ethyl adjacent to an activating group) is 1. The third-order valence-corrected chi connectivity index (χ3v) is 5.64. The molecule has 1 aromatic rings. The molecule has 1 aliphatic rings. The molecule has 0 aliphatic carbocycles. The predicted octanol–water partition coefficient (Wildman–Crippen LogP) is 3.85. The molecule has 0 radical (unpaired) electrons. The molecule has 1 aromatic carbocycles. The largest absolute Gasteiger partial charge is 0.490 e. The summed E-state index contributed by atoms with van der Waals surface area (Å²) in [5.41, 5.74) is 0.794. The second kappa shape index (κ2) is 10.3. The summed E-state index contributed by atoms with van der Waals surface area (Å²) in [5, 5.41) is 0. The molecule has 1 saturated heterocycles. The van der Waals surface area contributed by atoms with Crippen molar-refractivity contribution in [2.24, 2.45) is 0 Å². The lowest BCUT2D eigenvalue weighted by atomic mass is 10.2. The molecular weight excluding hydrogens is 501 g/mol. The Morgan fingerprint density at radius 1 is 1.26 bits per heavy atom. The van der Waals surface area contributed by atoms with Gasteiger partial charge in [0.1, 0.15) is 4.32 Å². The van der Waals surface area contributed by atoms with Gasteiger partial charge >= 0.3 is 5.97 Å². The standard InChI is InChI=1S/C18H20INO5S2/c1-4-20-17(22)14(27-18(20)26)9-11-7-12(19)16(13(8-11)23-5-2)25-10-15(21)24-6-3/h7-9H,4-6,10H2,1-3H3/b14-9-. The molecular formula is C18H20INO5S2. The van der Waals surface area contributed by atoms with Crippen molar-refractivity contribution in [2.75, 3.05) is 26.4 Å². The van der Waals surface area contributed by atoms with E-state index in [4.69, 9.17) is 26.4 Å². The number of halogens is 1. The molecule has 0 spiro atoms. The van der Waals surface area contributed by atoms with Crippen molar-refractivity contribution in [1.29, 1.82) is 0 Å². The number of carbonyl (C=O) groups excluding carboxylic acids is 2. The zero-order valence-corrected chi connectivity index (χ0v) is 19.0. The lowest BCUT2D eigenvalue weighted by molar-refractivity contribution is -0.145. The first-order valence-corrected chi connectivity index (χ1v) is 10.7. The molecule has 1 amide bonds. The first-order valence-electron chi connectivity index (χ1n) is 8.41. The fraction of sp³-hybridized carbons (Fsp3) is 0.389. The van der Waals surface area contributed by atoms with Crippen LogP contribution in [0.3, 0.4) is 0 Å². The highest BCUT2D eigenvalue weighted by Gasteiger charge is 2.30. The van der Waals surface area contributed by atoms with Gasteiger partial charge < -0.3 is 14.2 Å². The Hall–Kier alpha value is -1.33. The molecule has 146 valence electrons. The van der Waals surface area contributed by atoms with Crippen molar-refractivity contribution < 1.29 is 23.8 Å². The highest BCUT2D eigenvalue weighted by atomic mass is 127. The van der Waals surface area contributed by atoms with Gasteiger partial charge in [0.15, 0.2) is 18.1 Å². The zero-order chi connectivity index (χ0) is 20.0. The first-order chi connectivity index (χ1) is 12.9. The van der Waals surface area contributed by atoms with E-state index in [1.165, 1.54) is 11.8 Å². The Balaban J connectivity index is 2.29. The van der Waals surface area contributed by atoms with Crippen LogP contribution in [0.4, 0.5) is 0 Å². The third-order valence-electron chi connectivity index (χ3n) is 3.46. The van der Waals surface area contributed by atoms with E-state index in [2.05, 4.69) is 22.6 Å². The van der Waals surface area contributed by atoms with Gasteiger partial charge in [-0.25, -0.2) is 4.79 Å². The minimum atomic E-state index is -0.442. The lowest BCUT2D eigenvalue weighted by Gasteiger charge is -2.14. The highest BCUT2D eigenvalue weighted by molar-refractivity contribution is 14.1. The zero-order valence-electron chi connectivity index (χ0n) is 15.2. The molecule has 1 aliphatic heterocycles. The maximum absolute atomic E-state index is 12.4. The average molecular weight is 521 g/mol. The van der Waals surface area contributed by atoms with Crippen molar-refractivity contribution in [2.45, 2.75) is 20.8 Å². The number of hydrogen-bond acceptors (Lipinski definition) is 7. The van der Waals surface area contributed by atoms with Crippen LogP contribution < -0.4 is 9.47 Å². The van der Waals surface area contributed by atoms with Crippen LogP contribution in [-0.2, 0) is 14.3 Å². The third kappa shape index (κ3) is 5.58. The second-order valence-electron chi connectivity index (χ2n) is 5.28. The van der Waals surface area contributed by atoms with Gasteiger partial charge in [-0.2, -0.15) is 0 Å². The molecule has 1 heterocycles. The summed E-state index contributed by atoms with van der Waals surface area (Å²) in [6.07, 6.45) is 1.79. The van der Waals surface area contributed by atoms with Gasteiger partial charge in [0.25, 0.3) is 5.91 Å². The normalized spacial score (nSPS) is 15.4. The molecule has 0 atom stereocenters. The molecule has 2 rings (SSSR count). The Morgan fingerprint density at radius 3 is 2.59 bits per heavy atom. The van der Waals surface area contributed by atoms with Crippen LogP contribution >= 0.6 is 46.6 Å². The molecule has 0 saturated carbocycles. The number of rotatable bonds is 8. The van der Waals surface area contributed by atoms with Crippen molar-refractivity contribution in [1.82, 2.24) is 4.90 Å². The van der Waals surface area contributed by atoms with E-state index >= 15 is 0 Å². The fourth-order valence-corrected chi connectivity index (χ4v) is 4.50. The Morgan fingerprint density at radius 2 is 2.00 bits per heavy atom. The number of thiocarbonyl (C=S) groups is 1. The van der Waals surface area contributed by atoms with Crippen LogP contribution in [0.1, 0.15) is 26.3 Å². The molecule has 1 fully saturated rings. The number of thioether (sulfide) groups is 1. The second-order valence-corrected chi connectivity index (χ2v) is 8.12. The molecule has 0 bridgehead atoms. The molecule has 9 heteroatoms. The van der Waals surface area contributed by atoms with Crippen LogP contribution in [0.25, 0.3) is 6.08 Å². The first kappa shape index (κ1) is 22.0. The summed E-state index contributed by atoms with van der Waals surface area (Å²) in [7, 11) is 0. The fourth-order valence-electron chi connectivity index (χ4n) is 2.33. The van der Waals surface area contributed by atoms with Crippen LogP contribution in [-0.4, -0.2) is 47.5 Å². The summed E-state index contributed by atoms with van der Waals surface area (Å²) in [5.74, 6) is 0.445. The van der Waals surface area contributed by atoms with E-state index in [0.29, 0.717) is 40.5 Å². The summed E-state index contributed by atoms with van der Waals surface area (Å²) >= 11 is 8.64.